The van der Waals surface area contributed by atoms with Gasteiger partial charge in [-0.05, 0) is 84.9 Å². The van der Waals surface area contributed by atoms with Crippen molar-refractivity contribution in [2.24, 2.45) is 5.92 Å². The summed E-state index contributed by atoms with van der Waals surface area (Å²) in [5, 5.41) is 110. The average Bonchev–Trinajstić information content (AvgIpc) is 3.41. The van der Waals surface area contributed by atoms with Crippen LogP contribution in [0, 0.1) is 12.8 Å². The minimum atomic E-state index is -1.96. The lowest BCUT2D eigenvalue weighted by atomic mass is 9.75. The Balaban J connectivity index is 1.03. The molecule has 0 saturated carbocycles. The molecule has 10 N–H and O–H groups in total. The first-order valence-corrected chi connectivity index (χ1v) is 26.9. The molecule has 8 rings (SSSR count). The molecule has 5 heterocycles. The molecule has 1 aliphatic carbocycles. The third kappa shape index (κ3) is 12.9. The summed E-state index contributed by atoms with van der Waals surface area (Å²) in [5.74, 6) is -4.71. The molecule has 25 atom stereocenters. The van der Waals surface area contributed by atoms with Gasteiger partial charge in [-0.1, -0.05) is 0 Å². The van der Waals surface area contributed by atoms with Gasteiger partial charge in [-0.25, -0.2) is 0 Å². The fourth-order valence-electron chi connectivity index (χ4n) is 11.7. The Morgan fingerprint density at radius 3 is 1.71 bits per heavy atom. The minimum Gasteiger partial charge on any atom is -0.507 e. The third-order valence-corrected chi connectivity index (χ3v) is 16.1. The summed E-state index contributed by atoms with van der Waals surface area (Å²) in [5.41, 5.74) is -1.50. The molecule has 5 saturated heterocycles. The van der Waals surface area contributed by atoms with Crippen molar-refractivity contribution in [1.82, 2.24) is 0 Å². The second kappa shape index (κ2) is 24.6. The molecule has 0 bridgehead atoms. The van der Waals surface area contributed by atoms with E-state index in [-0.39, 0.29) is 71.7 Å². The van der Waals surface area contributed by atoms with Gasteiger partial charge in [0.2, 0.25) is 6.29 Å². The van der Waals surface area contributed by atoms with Gasteiger partial charge in [-0.2, -0.15) is 0 Å². The molecule has 444 valence electrons. The van der Waals surface area contributed by atoms with E-state index in [1.807, 2.05) is 0 Å². The van der Waals surface area contributed by atoms with Crippen molar-refractivity contribution in [3.05, 3.63) is 28.8 Å². The lowest BCUT2D eigenvalue weighted by molar-refractivity contribution is -0.334. The zero-order valence-electron chi connectivity index (χ0n) is 45.8. The zero-order chi connectivity index (χ0) is 57.8. The first kappa shape index (κ1) is 61.3. The molecule has 0 radical (unpaired) electrons. The maximum absolute atomic E-state index is 15.1. The topological polar surface area (TPSA) is 364 Å². The van der Waals surface area contributed by atoms with Gasteiger partial charge in [0.25, 0.3) is 0 Å². The van der Waals surface area contributed by atoms with Crippen LogP contribution in [-0.2, 0) is 68.1 Å². The molecule has 2 aromatic carbocycles. The Hall–Kier alpha value is -3.81. The lowest BCUT2D eigenvalue weighted by Gasteiger charge is -2.46. The molecule has 79 heavy (non-hydrogen) atoms. The van der Waals surface area contributed by atoms with Gasteiger partial charge >= 0.3 is 5.97 Å². The maximum Gasteiger partial charge on any atom is 0.303 e. The number of hydrogen-bond donors (Lipinski definition) is 10. The highest BCUT2D eigenvalue weighted by Crippen LogP contribution is 2.48. The monoisotopic (exact) mass is 1130 g/mol. The summed E-state index contributed by atoms with van der Waals surface area (Å²) in [6, 6.07) is 3.02. The van der Waals surface area contributed by atoms with Gasteiger partial charge in [0.1, 0.15) is 65.6 Å². The predicted octanol–water partition coefficient (Wildman–Crippen LogP) is 0.322. The number of phenols is 2. The quantitative estimate of drug-likeness (QED) is 0.101. The van der Waals surface area contributed by atoms with Crippen molar-refractivity contribution in [2.45, 2.75) is 248 Å². The summed E-state index contributed by atoms with van der Waals surface area (Å²) in [6.07, 6.45) is -27.2. The third-order valence-electron chi connectivity index (χ3n) is 16.1. The van der Waals surface area contributed by atoms with E-state index < -0.39 is 182 Å². The number of hydrogen-bond acceptors (Lipinski definition) is 25. The van der Waals surface area contributed by atoms with Crippen LogP contribution in [0.2, 0.25) is 0 Å². The minimum absolute atomic E-state index is 0.0409. The summed E-state index contributed by atoms with van der Waals surface area (Å²) in [6.45, 7) is 13.3. The molecule has 25 nitrogen and oxygen atoms in total. The van der Waals surface area contributed by atoms with Crippen molar-refractivity contribution in [2.75, 3.05) is 7.11 Å². The Kier molecular flexibility index (Phi) is 19.1. The Bertz CT molecular complexity index is 2480. The van der Waals surface area contributed by atoms with Crippen molar-refractivity contribution < 1.29 is 122 Å². The number of methoxy groups -OCH3 is 1. The number of esters is 1. The molecule has 25 heteroatoms. The SMILES string of the molecule is CO[C@H](C(=O)[C@@H](O)[C@@H](C)O)[C@@H]1Cc2cc3cc(O[C@H]4C[C@@H](O[C@H]5C[C@@H](O)[C@H](O)C(C)O5)[C@H](O)C(C)O4)c(C)c(O)c3c(O)c2C(=O)[C@H]1O[C@H]1C[C@@H](O[C@H]2C[C@@H](O[C@H]3C[C@](C)(O)[C@H](OC(C)=O)C(C)O3)[C@@H](O)C(C)O2)[C@H](O)C(C)O1. The van der Waals surface area contributed by atoms with Gasteiger partial charge < -0.3 is 108 Å². The Labute approximate surface area is 456 Å². The second-order valence-electron chi connectivity index (χ2n) is 22.3. The predicted molar refractivity (Wildman–Crippen MR) is 268 cm³/mol. The van der Waals surface area contributed by atoms with E-state index in [4.69, 9.17) is 56.8 Å². The van der Waals surface area contributed by atoms with Gasteiger partial charge in [0, 0.05) is 57.6 Å². The molecule has 6 aliphatic rings. The van der Waals surface area contributed by atoms with Crippen LogP contribution in [-0.4, -0.2) is 223 Å². The van der Waals surface area contributed by atoms with E-state index in [9.17, 15) is 60.7 Å². The number of aromatic hydroxyl groups is 2. The van der Waals surface area contributed by atoms with Gasteiger partial charge in [0.15, 0.2) is 42.8 Å². The largest absolute Gasteiger partial charge is 0.507 e. The molecule has 0 spiro atoms. The number of rotatable bonds is 16. The zero-order valence-corrected chi connectivity index (χ0v) is 45.8. The van der Waals surface area contributed by atoms with Crippen LogP contribution in [0.3, 0.4) is 0 Å². The number of carbonyl (C=O) groups is 3. The van der Waals surface area contributed by atoms with E-state index in [1.54, 1.807) is 27.7 Å². The number of aliphatic hydroxyl groups is 8. The van der Waals surface area contributed by atoms with Gasteiger partial charge in [0.05, 0.1) is 72.0 Å². The van der Waals surface area contributed by atoms with Crippen LogP contribution in [0.1, 0.15) is 109 Å². The standard InChI is InChI=1S/C54H78O25/c1-19-31(75-36-15-32(45(61)22(4)70-36)76-35-14-30(57)44(60)21(3)69-35)13-28-11-27-12-29(51(68-10)50(66)43(59)20(2)55)52(49(65)41(27)48(64)40(28)42(19)58)79-38-17-33(46(62)24(6)72-38)77-37-16-34(47(63)23(5)71-37)78-39-18-54(9,67)53(25(7)73-39)74-26(8)56/h11,13,20-25,29-30,32-39,43-47,51-53,55,57-64,67H,12,14-18H2,1-10H3/t20-,21?,22?,23?,24?,25?,29+,30-,32-,33-,34-,35+,36+,37+,38+,39+,43+,44-,45-,46-,47+,51+,52+,53-,54+/m1/s1. The van der Waals surface area contributed by atoms with Gasteiger partial charge in [-0.3, -0.25) is 14.4 Å². The number of phenolic OH excluding ortho intramolecular Hbond substituents is 2. The average molecular weight is 1130 g/mol. The summed E-state index contributed by atoms with van der Waals surface area (Å²) < 4.78 is 72.2. The van der Waals surface area contributed by atoms with Gasteiger partial charge in [-0.15, -0.1) is 0 Å². The fourth-order valence-corrected chi connectivity index (χ4v) is 11.7. The highest BCUT2D eigenvalue weighted by atomic mass is 16.7. The van der Waals surface area contributed by atoms with E-state index in [0.29, 0.717) is 0 Å². The number of benzene rings is 2. The van der Waals surface area contributed by atoms with Crippen LogP contribution in [0.15, 0.2) is 12.1 Å². The van der Waals surface area contributed by atoms with Crippen molar-refractivity contribution in [1.29, 1.82) is 0 Å². The van der Waals surface area contributed by atoms with E-state index in [0.717, 1.165) is 0 Å². The highest BCUT2D eigenvalue weighted by Gasteiger charge is 2.52. The first-order valence-electron chi connectivity index (χ1n) is 26.9. The van der Waals surface area contributed by atoms with Crippen molar-refractivity contribution >= 4 is 28.3 Å². The normalized spacial score (nSPS) is 41.2. The van der Waals surface area contributed by atoms with Crippen LogP contribution in [0.4, 0.5) is 0 Å². The van der Waals surface area contributed by atoms with E-state index in [2.05, 4.69) is 0 Å². The second-order valence-corrected chi connectivity index (χ2v) is 22.3. The van der Waals surface area contributed by atoms with Crippen LogP contribution < -0.4 is 4.74 Å². The summed E-state index contributed by atoms with van der Waals surface area (Å²) >= 11 is 0. The summed E-state index contributed by atoms with van der Waals surface area (Å²) in [4.78, 5) is 40.7. The Morgan fingerprint density at radius 1 is 0.696 bits per heavy atom. The molecule has 5 fully saturated rings. The Morgan fingerprint density at radius 2 is 1.19 bits per heavy atom. The molecule has 0 aromatic heterocycles. The number of carbonyl (C=O) groups excluding carboxylic acids is 3. The van der Waals surface area contributed by atoms with Crippen LogP contribution in [0.25, 0.3) is 10.8 Å². The van der Waals surface area contributed by atoms with Crippen LogP contribution >= 0.6 is 0 Å². The molecule has 5 aliphatic heterocycles. The number of fused-ring (bicyclic) bond motifs is 2. The molecule has 5 unspecified atom stereocenters. The molecule has 2 aromatic rings. The fraction of sp³-hybridized carbons (Fsp3) is 0.759. The number of ether oxygens (including phenoxy) is 12. The van der Waals surface area contributed by atoms with Crippen LogP contribution in [0.5, 0.6) is 17.2 Å². The van der Waals surface area contributed by atoms with E-state index >= 15 is 4.79 Å². The van der Waals surface area contributed by atoms with Crippen molar-refractivity contribution in [3.8, 4) is 17.2 Å². The smallest absolute Gasteiger partial charge is 0.303 e. The van der Waals surface area contributed by atoms with E-state index in [1.165, 1.54) is 53.9 Å². The first-order chi connectivity index (χ1) is 37.1. The number of ketones is 2. The molecular weight excluding hydrogens is 1050 g/mol. The number of Topliss-reactive ketones (excluding diaryl/α,β-unsaturated/α-hetero) is 2. The highest BCUT2D eigenvalue weighted by molar-refractivity contribution is 6.11. The number of aliphatic hydroxyl groups excluding tert-OH is 7. The molecule has 0 amide bonds. The summed E-state index contributed by atoms with van der Waals surface area (Å²) in [7, 11) is 1.18. The van der Waals surface area contributed by atoms with Crippen molar-refractivity contribution in [3.63, 3.8) is 0 Å². The lowest BCUT2D eigenvalue weighted by Crippen LogP contribution is -2.59. The maximum atomic E-state index is 15.1. The molecular formula is C54H78O25.